The number of unbranched alkanes of at least 4 members (excludes halogenated alkanes) is 1. The van der Waals surface area contributed by atoms with Crippen molar-refractivity contribution in [1.29, 1.82) is 0 Å². The largest absolute Gasteiger partial charge is 0.494 e. The van der Waals surface area contributed by atoms with Gasteiger partial charge in [-0.25, -0.2) is 4.39 Å². The monoisotopic (exact) mass is 442 g/mol. The Morgan fingerprint density at radius 2 is 1.81 bits per heavy atom. The van der Waals surface area contributed by atoms with Crippen LogP contribution in [0.2, 0.25) is 0 Å². The van der Waals surface area contributed by atoms with Crippen LogP contribution in [0.1, 0.15) is 49.3 Å². The molecular formula is C23H27FN4O2S. The van der Waals surface area contributed by atoms with E-state index in [-0.39, 0.29) is 18.3 Å². The van der Waals surface area contributed by atoms with Gasteiger partial charge in [-0.1, -0.05) is 32.0 Å². The standard InChI is InChI=1S/C23H27FN4O2S/c1-3-5-14-30-20-12-6-17(7-13-20)22(29)25-16-21-26-27-23(31-15-4-2)28(21)19-10-8-18(24)9-11-19/h6-13H,3-5,14-16H2,1-2H3,(H,25,29). The number of aromatic nitrogens is 3. The van der Waals surface area contributed by atoms with Gasteiger partial charge >= 0.3 is 0 Å². The van der Waals surface area contributed by atoms with Crippen molar-refractivity contribution in [2.24, 2.45) is 0 Å². The minimum Gasteiger partial charge on any atom is -0.494 e. The fourth-order valence-electron chi connectivity index (χ4n) is 2.85. The van der Waals surface area contributed by atoms with Crippen LogP contribution in [0.5, 0.6) is 5.75 Å². The second-order valence-corrected chi connectivity index (χ2v) is 8.03. The highest BCUT2D eigenvalue weighted by molar-refractivity contribution is 7.99. The topological polar surface area (TPSA) is 69.0 Å². The van der Waals surface area contributed by atoms with Crippen LogP contribution in [-0.2, 0) is 6.54 Å². The molecule has 8 heteroatoms. The molecule has 1 aromatic heterocycles. The van der Waals surface area contributed by atoms with Gasteiger partial charge in [-0.2, -0.15) is 0 Å². The van der Waals surface area contributed by atoms with Gasteiger partial charge in [0.25, 0.3) is 5.91 Å². The van der Waals surface area contributed by atoms with E-state index in [1.807, 2.05) is 4.57 Å². The van der Waals surface area contributed by atoms with Crippen molar-refractivity contribution < 1.29 is 13.9 Å². The molecule has 1 amide bonds. The van der Waals surface area contributed by atoms with Crippen LogP contribution in [0.4, 0.5) is 4.39 Å². The predicted molar refractivity (Wildman–Crippen MR) is 120 cm³/mol. The number of halogens is 1. The molecule has 0 bridgehead atoms. The number of benzene rings is 2. The number of hydrogen-bond donors (Lipinski definition) is 1. The highest BCUT2D eigenvalue weighted by Gasteiger charge is 2.16. The van der Waals surface area contributed by atoms with E-state index in [0.717, 1.165) is 36.5 Å². The van der Waals surface area contributed by atoms with Crippen molar-refractivity contribution in [3.63, 3.8) is 0 Å². The summed E-state index contributed by atoms with van der Waals surface area (Å²) in [5.74, 6) is 1.70. The van der Waals surface area contributed by atoms with Gasteiger partial charge in [0.15, 0.2) is 11.0 Å². The first-order valence-electron chi connectivity index (χ1n) is 10.5. The summed E-state index contributed by atoms with van der Waals surface area (Å²) in [5, 5.41) is 12.1. The molecule has 6 nitrogen and oxygen atoms in total. The summed E-state index contributed by atoms with van der Waals surface area (Å²) < 4.78 is 20.9. The summed E-state index contributed by atoms with van der Waals surface area (Å²) in [4.78, 5) is 12.6. The molecule has 0 spiro atoms. The van der Waals surface area contributed by atoms with Crippen LogP contribution >= 0.6 is 11.8 Å². The van der Waals surface area contributed by atoms with E-state index < -0.39 is 0 Å². The second kappa shape index (κ2) is 11.5. The summed E-state index contributed by atoms with van der Waals surface area (Å²) in [5.41, 5.74) is 1.29. The van der Waals surface area contributed by atoms with Crippen LogP contribution in [0.15, 0.2) is 53.7 Å². The third-order valence-corrected chi connectivity index (χ3v) is 5.65. The van der Waals surface area contributed by atoms with Gasteiger partial charge in [-0.3, -0.25) is 9.36 Å². The van der Waals surface area contributed by atoms with Crippen molar-refractivity contribution >= 4 is 17.7 Å². The van der Waals surface area contributed by atoms with Gasteiger partial charge in [0.1, 0.15) is 11.6 Å². The minimum absolute atomic E-state index is 0.199. The van der Waals surface area contributed by atoms with Crippen molar-refractivity contribution in [1.82, 2.24) is 20.1 Å². The van der Waals surface area contributed by atoms with E-state index in [4.69, 9.17) is 4.74 Å². The number of ether oxygens (including phenoxy) is 1. The van der Waals surface area contributed by atoms with E-state index in [9.17, 15) is 9.18 Å². The third-order valence-electron chi connectivity index (χ3n) is 4.51. The molecule has 31 heavy (non-hydrogen) atoms. The molecule has 0 unspecified atom stereocenters. The fourth-order valence-corrected chi connectivity index (χ4v) is 3.67. The lowest BCUT2D eigenvalue weighted by molar-refractivity contribution is 0.0949. The lowest BCUT2D eigenvalue weighted by Crippen LogP contribution is -2.24. The van der Waals surface area contributed by atoms with Gasteiger partial charge in [0, 0.05) is 17.0 Å². The van der Waals surface area contributed by atoms with Crippen molar-refractivity contribution in [2.45, 2.75) is 44.8 Å². The number of hydrogen-bond acceptors (Lipinski definition) is 5. The van der Waals surface area contributed by atoms with Gasteiger partial charge < -0.3 is 10.1 Å². The number of nitrogens with one attached hydrogen (secondary N) is 1. The average Bonchev–Trinajstić information content (AvgIpc) is 3.20. The molecular weight excluding hydrogens is 415 g/mol. The molecule has 0 radical (unpaired) electrons. The molecule has 164 valence electrons. The molecule has 0 aliphatic rings. The Balaban J connectivity index is 1.70. The predicted octanol–water partition coefficient (Wildman–Crippen LogP) is 5.02. The van der Waals surface area contributed by atoms with Crippen molar-refractivity contribution in [2.75, 3.05) is 12.4 Å². The van der Waals surface area contributed by atoms with Crippen LogP contribution < -0.4 is 10.1 Å². The maximum absolute atomic E-state index is 13.4. The molecule has 0 saturated carbocycles. The summed E-state index contributed by atoms with van der Waals surface area (Å²) >= 11 is 1.58. The van der Waals surface area contributed by atoms with Gasteiger partial charge in [0.2, 0.25) is 0 Å². The highest BCUT2D eigenvalue weighted by Crippen LogP contribution is 2.23. The normalized spacial score (nSPS) is 10.8. The number of amides is 1. The Bertz CT molecular complexity index is 974. The summed E-state index contributed by atoms with van der Waals surface area (Å²) in [6.45, 7) is 5.07. The number of rotatable bonds is 11. The molecule has 3 aromatic rings. The number of carbonyl (C=O) groups is 1. The first-order valence-corrected chi connectivity index (χ1v) is 11.4. The number of thioether (sulfide) groups is 1. The zero-order chi connectivity index (χ0) is 22.1. The molecule has 0 saturated heterocycles. The smallest absolute Gasteiger partial charge is 0.251 e. The number of nitrogens with zero attached hydrogens (tertiary/aromatic N) is 3. The lowest BCUT2D eigenvalue weighted by atomic mass is 10.2. The zero-order valence-electron chi connectivity index (χ0n) is 17.8. The van der Waals surface area contributed by atoms with Gasteiger partial charge in [-0.05, 0) is 61.4 Å². The van der Waals surface area contributed by atoms with Crippen LogP contribution in [0.3, 0.4) is 0 Å². The molecule has 1 heterocycles. The molecule has 0 atom stereocenters. The number of carbonyl (C=O) groups excluding carboxylic acids is 1. The van der Waals surface area contributed by atoms with Crippen molar-refractivity contribution in [3.8, 4) is 11.4 Å². The summed E-state index contributed by atoms with van der Waals surface area (Å²) in [6.07, 6.45) is 3.06. The first kappa shape index (κ1) is 22.8. The quantitative estimate of drug-likeness (QED) is 0.334. The Morgan fingerprint density at radius 1 is 1.06 bits per heavy atom. The van der Waals surface area contributed by atoms with E-state index in [2.05, 4.69) is 29.4 Å². The van der Waals surface area contributed by atoms with Crippen LogP contribution in [0, 0.1) is 5.82 Å². The van der Waals surface area contributed by atoms with Crippen LogP contribution in [0.25, 0.3) is 5.69 Å². The third kappa shape index (κ3) is 6.30. The molecule has 0 fully saturated rings. The maximum Gasteiger partial charge on any atom is 0.251 e. The highest BCUT2D eigenvalue weighted by atomic mass is 32.2. The molecule has 3 rings (SSSR count). The molecule has 0 aliphatic heterocycles. The Kier molecular flexibility index (Phi) is 8.46. The Labute approximate surface area is 186 Å². The fraction of sp³-hybridized carbons (Fsp3) is 0.348. The SMILES string of the molecule is CCCCOc1ccc(C(=O)NCc2nnc(SCCC)n2-c2ccc(F)cc2)cc1. The maximum atomic E-state index is 13.4. The van der Waals surface area contributed by atoms with Gasteiger partial charge in [-0.15, -0.1) is 10.2 Å². The van der Waals surface area contributed by atoms with Gasteiger partial charge in [0.05, 0.1) is 13.2 Å². The molecule has 1 N–H and O–H groups in total. The van der Waals surface area contributed by atoms with Crippen LogP contribution in [-0.4, -0.2) is 33.0 Å². The van der Waals surface area contributed by atoms with E-state index in [0.29, 0.717) is 23.2 Å². The van der Waals surface area contributed by atoms with E-state index in [1.165, 1.54) is 12.1 Å². The summed E-state index contributed by atoms with van der Waals surface area (Å²) in [7, 11) is 0. The average molecular weight is 443 g/mol. The van der Waals surface area contributed by atoms with E-state index >= 15 is 0 Å². The Morgan fingerprint density at radius 3 is 2.48 bits per heavy atom. The minimum atomic E-state index is -0.309. The van der Waals surface area contributed by atoms with Crippen molar-refractivity contribution in [3.05, 3.63) is 65.7 Å². The first-order chi connectivity index (χ1) is 15.1. The van der Waals surface area contributed by atoms with E-state index in [1.54, 1.807) is 48.2 Å². The second-order valence-electron chi connectivity index (χ2n) is 6.97. The lowest BCUT2D eigenvalue weighted by Gasteiger charge is -2.11. The molecule has 0 aliphatic carbocycles. The molecule has 2 aromatic carbocycles. The Hall–Kier alpha value is -2.87. The zero-order valence-corrected chi connectivity index (χ0v) is 18.6. The summed E-state index contributed by atoms with van der Waals surface area (Å²) in [6, 6.07) is 13.2.